The zero-order valence-electron chi connectivity index (χ0n) is 14.3. The molecular formula is C18H31N3O. The molecule has 0 aromatic rings. The Hall–Kier alpha value is -0.630. The van der Waals surface area contributed by atoms with Crippen molar-refractivity contribution >= 4 is 0 Å². The van der Waals surface area contributed by atoms with Gasteiger partial charge in [-0.2, -0.15) is 5.26 Å². The van der Waals surface area contributed by atoms with Crippen molar-refractivity contribution in [2.24, 2.45) is 5.92 Å². The number of hydrogen-bond donors (Lipinski definition) is 0. The molecule has 0 radical (unpaired) electrons. The average Bonchev–Trinajstić information content (AvgIpc) is 3.28. The number of piperidine rings is 1. The van der Waals surface area contributed by atoms with Gasteiger partial charge in [0.1, 0.15) is 6.10 Å². The van der Waals surface area contributed by atoms with Crippen LogP contribution in [0.4, 0.5) is 0 Å². The number of nitrogens with zero attached hydrogens (tertiary/aromatic N) is 3. The van der Waals surface area contributed by atoms with Crippen molar-refractivity contribution in [2.75, 3.05) is 32.8 Å². The van der Waals surface area contributed by atoms with E-state index in [1.807, 2.05) is 0 Å². The molecule has 22 heavy (non-hydrogen) atoms. The van der Waals surface area contributed by atoms with Gasteiger partial charge in [-0.3, -0.25) is 4.90 Å². The van der Waals surface area contributed by atoms with Gasteiger partial charge in [-0.1, -0.05) is 0 Å². The molecule has 4 nitrogen and oxygen atoms in total. The van der Waals surface area contributed by atoms with Crippen molar-refractivity contribution in [2.45, 2.75) is 70.1 Å². The monoisotopic (exact) mass is 305 g/mol. The van der Waals surface area contributed by atoms with Gasteiger partial charge >= 0.3 is 0 Å². The zero-order chi connectivity index (χ0) is 15.6. The Bertz CT molecular complexity index is 405. The van der Waals surface area contributed by atoms with Gasteiger partial charge in [0.15, 0.2) is 0 Å². The van der Waals surface area contributed by atoms with E-state index in [9.17, 15) is 0 Å². The second-order valence-electron chi connectivity index (χ2n) is 7.94. The SMILES string of the molecule is CC1(C)CCCN1C1CCN(CCOC(C#N)C2CC2)CC1. The van der Waals surface area contributed by atoms with Crippen LogP contribution in [0.3, 0.4) is 0 Å². The summed E-state index contributed by atoms with van der Waals surface area (Å²) < 4.78 is 5.76. The van der Waals surface area contributed by atoms with Gasteiger partial charge in [-0.25, -0.2) is 0 Å². The van der Waals surface area contributed by atoms with Crippen LogP contribution in [0.2, 0.25) is 0 Å². The van der Waals surface area contributed by atoms with E-state index in [1.165, 1.54) is 58.2 Å². The van der Waals surface area contributed by atoms with Crippen LogP contribution >= 0.6 is 0 Å². The minimum atomic E-state index is -0.150. The van der Waals surface area contributed by atoms with Crippen molar-refractivity contribution in [3.8, 4) is 6.07 Å². The summed E-state index contributed by atoms with van der Waals surface area (Å²) in [6, 6.07) is 3.08. The lowest BCUT2D eigenvalue weighted by Gasteiger charge is -2.42. The Kier molecular flexibility index (Phi) is 5.07. The summed E-state index contributed by atoms with van der Waals surface area (Å²) in [5, 5.41) is 9.08. The van der Waals surface area contributed by atoms with Crippen molar-refractivity contribution in [1.29, 1.82) is 5.26 Å². The summed E-state index contributed by atoms with van der Waals surface area (Å²) >= 11 is 0. The molecule has 0 aromatic carbocycles. The molecule has 4 heteroatoms. The maximum absolute atomic E-state index is 9.08. The molecule has 0 N–H and O–H groups in total. The molecule has 0 spiro atoms. The molecule has 1 aliphatic carbocycles. The predicted octanol–water partition coefficient (Wildman–Crippen LogP) is 2.64. The van der Waals surface area contributed by atoms with Gasteiger partial charge in [-0.15, -0.1) is 0 Å². The summed E-state index contributed by atoms with van der Waals surface area (Å²) in [7, 11) is 0. The second kappa shape index (κ2) is 6.86. The van der Waals surface area contributed by atoms with Crippen molar-refractivity contribution in [1.82, 2.24) is 9.80 Å². The van der Waals surface area contributed by atoms with Gasteiger partial charge in [-0.05, 0) is 77.9 Å². The molecule has 0 amide bonds. The Labute approximate surface area is 135 Å². The first-order valence-corrected chi connectivity index (χ1v) is 9.10. The highest BCUT2D eigenvalue weighted by Gasteiger charge is 2.37. The highest BCUT2D eigenvalue weighted by molar-refractivity contribution is 4.96. The fraction of sp³-hybridized carbons (Fsp3) is 0.944. The van der Waals surface area contributed by atoms with E-state index in [2.05, 4.69) is 29.7 Å². The average molecular weight is 305 g/mol. The Balaban J connectivity index is 1.36. The third-order valence-corrected chi connectivity index (χ3v) is 5.85. The molecule has 124 valence electrons. The highest BCUT2D eigenvalue weighted by Crippen LogP contribution is 2.34. The molecule has 2 aliphatic heterocycles. The van der Waals surface area contributed by atoms with Crippen molar-refractivity contribution in [3.63, 3.8) is 0 Å². The standard InChI is InChI=1S/C18H31N3O/c1-18(2)8-3-9-21(18)16-6-10-20(11-7-16)12-13-22-17(14-19)15-4-5-15/h15-17H,3-13H2,1-2H3. The van der Waals surface area contributed by atoms with Crippen molar-refractivity contribution in [3.05, 3.63) is 0 Å². The van der Waals surface area contributed by atoms with Crippen LogP contribution in [0.1, 0.15) is 52.4 Å². The number of likely N-dealkylation sites (tertiary alicyclic amines) is 2. The molecule has 3 aliphatic rings. The summed E-state index contributed by atoms with van der Waals surface area (Å²) in [5.41, 5.74) is 0.403. The molecule has 0 bridgehead atoms. The van der Waals surface area contributed by atoms with Crippen LogP contribution in [-0.4, -0.2) is 60.3 Å². The van der Waals surface area contributed by atoms with E-state index in [4.69, 9.17) is 10.00 Å². The van der Waals surface area contributed by atoms with Gasteiger partial charge in [0.25, 0.3) is 0 Å². The first-order valence-electron chi connectivity index (χ1n) is 9.10. The lowest BCUT2D eigenvalue weighted by Crippen LogP contribution is -2.50. The summed E-state index contributed by atoms with van der Waals surface area (Å²) in [4.78, 5) is 5.26. The Morgan fingerprint density at radius 1 is 1.18 bits per heavy atom. The lowest BCUT2D eigenvalue weighted by molar-refractivity contribution is 0.0311. The van der Waals surface area contributed by atoms with E-state index in [0.29, 0.717) is 18.1 Å². The molecule has 1 saturated carbocycles. The Morgan fingerprint density at radius 2 is 1.91 bits per heavy atom. The number of nitriles is 1. The molecule has 3 fully saturated rings. The first-order chi connectivity index (χ1) is 10.6. The third-order valence-electron chi connectivity index (χ3n) is 5.85. The zero-order valence-corrected chi connectivity index (χ0v) is 14.3. The first kappa shape index (κ1) is 16.2. The minimum absolute atomic E-state index is 0.150. The Morgan fingerprint density at radius 3 is 2.45 bits per heavy atom. The molecule has 2 saturated heterocycles. The van der Waals surface area contributed by atoms with Gasteiger partial charge in [0.05, 0.1) is 12.7 Å². The maximum atomic E-state index is 9.08. The van der Waals surface area contributed by atoms with Crippen molar-refractivity contribution < 1.29 is 4.74 Å². The number of hydrogen-bond acceptors (Lipinski definition) is 4. The quantitative estimate of drug-likeness (QED) is 0.756. The fourth-order valence-corrected chi connectivity index (χ4v) is 4.25. The van der Waals surface area contributed by atoms with Gasteiger partial charge < -0.3 is 9.64 Å². The van der Waals surface area contributed by atoms with E-state index in [0.717, 1.165) is 12.6 Å². The fourth-order valence-electron chi connectivity index (χ4n) is 4.25. The van der Waals surface area contributed by atoms with Crippen LogP contribution in [0, 0.1) is 17.2 Å². The molecular weight excluding hydrogens is 274 g/mol. The molecule has 0 aromatic heterocycles. The van der Waals surface area contributed by atoms with Crippen LogP contribution < -0.4 is 0 Å². The van der Waals surface area contributed by atoms with Crippen LogP contribution in [0.25, 0.3) is 0 Å². The molecule has 1 atom stereocenters. The van der Waals surface area contributed by atoms with Crippen LogP contribution in [0.15, 0.2) is 0 Å². The molecule has 2 heterocycles. The number of rotatable bonds is 6. The third kappa shape index (κ3) is 3.82. The van der Waals surface area contributed by atoms with Gasteiger partial charge in [0, 0.05) is 18.1 Å². The predicted molar refractivity (Wildman–Crippen MR) is 87.6 cm³/mol. The topological polar surface area (TPSA) is 39.5 Å². The van der Waals surface area contributed by atoms with Crippen LogP contribution in [-0.2, 0) is 4.74 Å². The highest BCUT2D eigenvalue weighted by atomic mass is 16.5. The minimum Gasteiger partial charge on any atom is -0.362 e. The maximum Gasteiger partial charge on any atom is 0.146 e. The summed E-state index contributed by atoms with van der Waals surface area (Å²) in [6.07, 6.45) is 7.48. The van der Waals surface area contributed by atoms with E-state index in [1.54, 1.807) is 0 Å². The number of ether oxygens (including phenoxy) is 1. The van der Waals surface area contributed by atoms with Gasteiger partial charge in [0.2, 0.25) is 0 Å². The molecule has 3 rings (SSSR count). The lowest BCUT2D eigenvalue weighted by atomic mass is 9.96. The summed E-state index contributed by atoms with van der Waals surface area (Å²) in [5.74, 6) is 0.521. The van der Waals surface area contributed by atoms with Crippen LogP contribution in [0.5, 0.6) is 0 Å². The van der Waals surface area contributed by atoms with E-state index >= 15 is 0 Å². The summed E-state index contributed by atoms with van der Waals surface area (Å²) in [6.45, 7) is 10.2. The largest absolute Gasteiger partial charge is 0.362 e. The van der Waals surface area contributed by atoms with E-state index in [-0.39, 0.29) is 6.10 Å². The normalized spacial score (nSPS) is 28.6. The smallest absolute Gasteiger partial charge is 0.146 e. The van der Waals surface area contributed by atoms with E-state index < -0.39 is 0 Å². The second-order valence-corrected chi connectivity index (χ2v) is 7.94. The molecule has 1 unspecified atom stereocenters.